The summed E-state index contributed by atoms with van der Waals surface area (Å²) in [5.74, 6) is -3.03. The van der Waals surface area contributed by atoms with Crippen molar-refractivity contribution in [1.82, 2.24) is 16.0 Å². The Morgan fingerprint density at radius 3 is 1.85 bits per heavy atom. The number of carboxylic acids is 1. The Morgan fingerprint density at radius 2 is 1.29 bits per heavy atom. The minimum absolute atomic E-state index is 0.0108. The van der Waals surface area contributed by atoms with Crippen LogP contribution in [0.3, 0.4) is 0 Å². The number of hydrogen-bond acceptors (Lipinski definition) is 6. The van der Waals surface area contributed by atoms with Crippen LogP contribution < -0.4 is 21.7 Å². The summed E-state index contributed by atoms with van der Waals surface area (Å²) >= 11 is 0. The second-order valence-electron chi connectivity index (χ2n) is 8.04. The lowest BCUT2D eigenvalue weighted by Crippen LogP contribution is -2.56. The molecule has 2 aromatic carbocycles. The largest absolute Gasteiger partial charge is 0.508 e. The van der Waals surface area contributed by atoms with Crippen molar-refractivity contribution in [1.29, 1.82) is 0 Å². The number of nitrogens with one attached hydrogen (secondary N) is 3. The number of rotatable bonds is 11. The number of phenolic OH excluding ortho intramolecular Hbond substituents is 1. The van der Waals surface area contributed by atoms with Crippen LogP contribution in [-0.2, 0) is 32.0 Å². The van der Waals surface area contributed by atoms with Crippen LogP contribution in [0.15, 0.2) is 54.6 Å². The van der Waals surface area contributed by atoms with E-state index in [-0.39, 0.29) is 18.6 Å². The summed E-state index contributed by atoms with van der Waals surface area (Å²) in [4.78, 5) is 49.2. The van der Waals surface area contributed by atoms with Gasteiger partial charge in [0.25, 0.3) is 0 Å². The quantitative estimate of drug-likeness (QED) is 0.270. The van der Waals surface area contributed by atoms with Gasteiger partial charge in [0.2, 0.25) is 17.7 Å². The summed E-state index contributed by atoms with van der Waals surface area (Å²) in [6, 6.07) is 10.8. The van der Waals surface area contributed by atoms with Gasteiger partial charge in [-0.2, -0.15) is 0 Å². The zero-order valence-corrected chi connectivity index (χ0v) is 19.0. The summed E-state index contributed by atoms with van der Waals surface area (Å²) in [5.41, 5.74) is 7.00. The summed E-state index contributed by atoms with van der Waals surface area (Å²) in [6.07, 6.45) is 0.168. The number of aliphatic carboxylic acids is 1. The maximum atomic E-state index is 12.9. The molecule has 2 rings (SSSR count). The van der Waals surface area contributed by atoms with Crippen molar-refractivity contribution in [3.63, 3.8) is 0 Å². The van der Waals surface area contributed by atoms with E-state index in [4.69, 9.17) is 5.73 Å². The van der Waals surface area contributed by atoms with Crippen molar-refractivity contribution in [3.8, 4) is 5.75 Å². The highest BCUT2D eigenvalue weighted by Gasteiger charge is 2.28. The number of carbonyl (C=O) groups is 4. The van der Waals surface area contributed by atoms with Gasteiger partial charge < -0.3 is 31.9 Å². The van der Waals surface area contributed by atoms with Crippen molar-refractivity contribution >= 4 is 23.7 Å². The van der Waals surface area contributed by atoms with Crippen molar-refractivity contribution in [3.05, 3.63) is 65.7 Å². The fraction of sp³-hybridized carbons (Fsp3) is 0.333. The third-order valence-corrected chi connectivity index (χ3v) is 5.07. The van der Waals surface area contributed by atoms with E-state index >= 15 is 0 Å². The number of carbonyl (C=O) groups excluding carboxylic acids is 3. The average Bonchev–Trinajstić information content (AvgIpc) is 2.79. The first-order valence-electron chi connectivity index (χ1n) is 10.8. The Morgan fingerprint density at radius 1 is 0.765 bits per heavy atom. The normalized spacial score (nSPS) is 14.2. The van der Waals surface area contributed by atoms with E-state index in [0.29, 0.717) is 5.56 Å². The molecular weight excluding hydrogens is 440 g/mol. The van der Waals surface area contributed by atoms with Crippen LogP contribution in [0.5, 0.6) is 5.75 Å². The van der Waals surface area contributed by atoms with Gasteiger partial charge >= 0.3 is 5.97 Å². The maximum absolute atomic E-state index is 12.9. The summed E-state index contributed by atoms with van der Waals surface area (Å²) in [5, 5.41) is 26.4. The predicted molar refractivity (Wildman–Crippen MR) is 125 cm³/mol. The molecule has 4 atom stereocenters. The van der Waals surface area contributed by atoms with E-state index in [1.165, 1.54) is 26.0 Å². The van der Waals surface area contributed by atoms with Crippen molar-refractivity contribution in [2.75, 3.05) is 0 Å². The Balaban J connectivity index is 2.04. The molecule has 0 spiro atoms. The molecule has 0 aromatic heterocycles. The van der Waals surface area contributed by atoms with Crippen LogP contribution in [0.2, 0.25) is 0 Å². The lowest BCUT2D eigenvalue weighted by molar-refractivity contribution is -0.142. The number of amides is 3. The van der Waals surface area contributed by atoms with Gasteiger partial charge in [-0.3, -0.25) is 14.4 Å². The fourth-order valence-corrected chi connectivity index (χ4v) is 3.11. The average molecular weight is 471 g/mol. The fourth-order valence-electron chi connectivity index (χ4n) is 3.11. The molecule has 34 heavy (non-hydrogen) atoms. The topological polar surface area (TPSA) is 171 Å². The third kappa shape index (κ3) is 8.21. The van der Waals surface area contributed by atoms with Gasteiger partial charge in [-0.25, -0.2) is 4.79 Å². The number of hydrogen-bond donors (Lipinski definition) is 6. The van der Waals surface area contributed by atoms with E-state index in [1.54, 1.807) is 36.4 Å². The van der Waals surface area contributed by atoms with E-state index in [2.05, 4.69) is 16.0 Å². The molecule has 0 aliphatic heterocycles. The molecule has 0 fully saturated rings. The van der Waals surface area contributed by atoms with Gasteiger partial charge in [-0.05, 0) is 37.1 Å². The zero-order chi connectivity index (χ0) is 25.3. The molecule has 10 heteroatoms. The van der Waals surface area contributed by atoms with E-state index in [9.17, 15) is 29.4 Å². The number of benzene rings is 2. The van der Waals surface area contributed by atoms with Gasteiger partial charge in [0.1, 0.15) is 23.9 Å². The van der Waals surface area contributed by atoms with Crippen molar-refractivity contribution < 1.29 is 29.4 Å². The second-order valence-corrected chi connectivity index (χ2v) is 8.04. The van der Waals surface area contributed by atoms with Gasteiger partial charge in [0.05, 0.1) is 6.04 Å². The van der Waals surface area contributed by atoms with Crippen LogP contribution in [0, 0.1) is 0 Å². The first-order chi connectivity index (χ1) is 16.1. The standard InChI is InChI=1S/C24H30N4O6/c1-14(25)21(30)27-19(12-16-6-4-3-5-7-16)23(32)26-15(2)22(31)28-20(24(33)34)13-17-8-10-18(29)11-9-17/h3-11,14-15,19-20,29H,12-13,25H2,1-2H3,(H,26,32)(H,27,30)(H,28,31)(H,33,34). The highest BCUT2D eigenvalue weighted by Crippen LogP contribution is 2.11. The highest BCUT2D eigenvalue weighted by atomic mass is 16.4. The minimum Gasteiger partial charge on any atom is -0.508 e. The molecule has 0 aliphatic rings. The van der Waals surface area contributed by atoms with E-state index in [0.717, 1.165) is 5.56 Å². The highest BCUT2D eigenvalue weighted by molar-refractivity contribution is 5.94. The predicted octanol–water partition coefficient (Wildman–Crippen LogP) is 0.0835. The molecule has 3 amide bonds. The third-order valence-electron chi connectivity index (χ3n) is 5.07. The second kappa shape index (κ2) is 12.4. The molecule has 0 radical (unpaired) electrons. The van der Waals surface area contributed by atoms with Crippen LogP contribution in [0.4, 0.5) is 0 Å². The summed E-state index contributed by atoms with van der Waals surface area (Å²) < 4.78 is 0. The van der Waals surface area contributed by atoms with E-state index < -0.39 is 47.9 Å². The van der Waals surface area contributed by atoms with Gasteiger partial charge in [-0.15, -0.1) is 0 Å². The first kappa shape index (κ1) is 26.3. The Kier molecular flexibility index (Phi) is 9.57. The number of carboxylic acid groups (broad SMARTS) is 1. The molecule has 0 aliphatic carbocycles. The Labute approximate surface area is 197 Å². The SMILES string of the molecule is CC(N)C(=O)NC(Cc1ccccc1)C(=O)NC(C)C(=O)NC(Cc1ccc(O)cc1)C(=O)O. The van der Waals surface area contributed by atoms with Gasteiger partial charge in [-0.1, -0.05) is 42.5 Å². The smallest absolute Gasteiger partial charge is 0.326 e. The molecular formula is C24H30N4O6. The number of aromatic hydroxyl groups is 1. The van der Waals surface area contributed by atoms with Crippen LogP contribution in [0.25, 0.3) is 0 Å². The molecule has 7 N–H and O–H groups in total. The molecule has 0 heterocycles. The van der Waals surface area contributed by atoms with Crippen molar-refractivity contribution in [2.24, 2.45) is 5.73 Å². The summed E-state index contributed by atoms with van der Waals surface area (Å²) in [6.45, 7) is 2.91. The Bertz CT molecular complexity index is 994. The maximum Gasteiger partial charge on any atom is 0.326 e. The molecule has 2 aromatic rings. The lowest BCUT2D eigenvalue weighted by atomic mass is 10.0. The number of nitrogens with two attached hydrogens (primary N) is 1. The number of phenols is 1. The molecule has 182 valence electrons. The van der Waals surface area contributed by atoms with Gasteiger partial charge in [0, 0.05) is 12.8 Å². The Hall–Kier alpha value is -3.92. The zero-order valence-electron chi connectivity index (χ0n) is 19.0. The minimum atomic E-state index is -1.24. The molecule has 0 saturated carbocycles. The van der Waals surface area contributed by atoms with Gasteiger partial charge in [0.15, 0.2) is 0 Å². The van der Waals surface area contributed by atoms with Crippen LogP contribution in [0.1, 0.15) is 25.0 Å². The summed E-state index contributed by atoms with van der Waals surface area (Å²) in [7, 11) is 0. The van der Waals surface area contributed by atoms with Crippen LogP contribution >= 0.6 is 0 Å². The van der Waals surface area contributed by atoms with Crippen LogP contribution in [-0.4, -0.2) is 58.1 Å². The molecule has 4 unspecified atom stereocenters. The lowest BCUT2D eigenvalue weighted by Gasteiger charge is -2.23. The monoisotopic (exact) mass is 470 g/mol. The molecule has 10 nitrogen and oxygen atoms in total. The first-order valence-corrected chi connectivity index (χ1v) is 10.8. The van der Waals surface area contributed by atoms with Crippen molar-refractivity contribution in [2.45, 2.75) is 50.9 Å². The molecule has 0 saturated heterocycles. The van der Waals surface area contributed by atoms with E-state index in [1.807, 2.05) is 6.07 Å². The molecule has 0 bridgehead atoms.